The molecule has 3 nitrogen and oxygen atoms in total. The van der Waals surface area contributed by atoms with E-state index < -0.39 is 18.4 Å². The third-order valence-electron chi connectivity index (χ3n) is 3.41. The molecule has 0 saturated carbocycles. The number of hydrogen-bond donors (Lipinski definition) is 1. The van der Waals surface area contributed by atoms with E-state index in [-0.39, 0.29) is 17.9 Å². The lowest BCUT2D eigenvalue weighted by atomic mass is 10.1. The average Bonchev–Trinajstić information content (AvgIpc) is 2.63. The van der Waals surface area contributed by atoms with Crippen molar-refractivity contribution in [1.29, 1.82) is 5.26 Å². The molecule has 0 saturated heterocycles. The van der Waals surface area contributed by atoms with Gasteiger partial charge in [-0.1, -0.05) is 6.07 Å². The second-order valence-corrected chi connectivity index (χ2v) is 5.31. The fourth-order valence-corrected chi connectivity index (χ4v) is 2.10. The molecule has 0 radical (unpaired) electrons. The van der Waals surface area contributed by atoms with Crippen molar-refractivity contribution in [2.45, 2.75) is 12.6 Å². The van der Waals surface area contributed by atoms with Gasteiger partial charge in [-0.15, -0.1) is 0 Å². The quantitative estimate of drug-likeness (QED) is 0.405. The number of nitriles is 1. The van der Waals surface area contributed by atoms with E-state index in [1.807, 2.05) is 6.07 Å². The van der Waals surface area contributed by atoms with Crippen LogP contribution in [0.15, 0.2) is 54.7 Å². The van der Waals surface area contributed by atoms with Crippen LogP contribution in [0.25, 0.3) is 5.57 Å². The van der Waals surface area contributed by atoms with Crippen molar-refractivity contribution in [2.75, 3.05) is 18.6 Å². The molecule has 0 heterocycles. The number of hydrogen-bond acceptors (Lipinski definition) is 3. The van der Waals surface area contributed by atoms with Gasteiger partial charge >= 0.3 is 6.18 Å². The van der Waals surface area contributed by atoms with Crippen LogP contribution in [0.3, 0.4) is 0 Å². The second kappa shape index (κ2) is 8.90. The molecule has 2 aromatic rings. The maximum Gasteiger partial charge on any atom is 0.416 e. The lowest BCUT2D eigenvalue weighted by Gasteiger charge is -2.09. The van der Waals surface area contributed by atoms with Crippen LogP contribution in [0.5, 0.6) is 5.75 Å². The molecule has 0 aliphatic heterocycles. The minimum Gasteiger partial charge on any atom is -0.493 e. The van der Waals surface area contributed by atoms with Crippen LogP contribution >= 0.6 is 0 Å². The zero-order chi connectivity index (χ0) is 19.0. The van der Waals surface area contributed by atoms with Crippen LogP contribution in [0, 0.1) is 11.3 Å². The third-order valence-corrected chi connectivity index (χ3v) is 3.41. The standard InChI is InChI=1S/C19H16F4N2O/c20-9-2-10-26-18-7-5-14(6-8-18)15(12-24)13-25-17-4-1-3-16(11-17)19(21,22)23/h1,3-8,11,13,25H,2,9-10H2/b15-13+. The van der Waals surface area contributed by atoms with E-state index >= 15 is 0 Å². The molecule has 0 fully saturated rings. The summed E-state index contributed by atoms with van der Waals surface area (Å²) in [5.74, 6) is 0.547. The number of benzene rings is 2. The highest BCUT2D eigenvalue weighted by Crippen LogP contribution is 2.30. The smallest absolute Gasteiger partial charge is 0.416 e. The molecule has 2 aromatic carbocycles. The number of anilines is 1. The number of ether oxygens (including phenoxy) is 1. The monoisotopic (exact) mass is 364 g/mol. The van der Waals surface area contributed by atoms with Gasteiger partial charge in [-0.25, -0.2) is 0 Å². The highest BCUT2D eigenvalue weighted by molar-refractivity contribution is 5.78. The van der Waals surface area contributed by atoms with Crippen molar-refractivity contribution in [3.8, 4) is 11.8 Å². The first-order valence-electron chi connectivity index (χ1n) is 7.77. The molecule has 0 amide bonds. The summed E-state index contributed by atoms with van der Waals surface area (Å²) in [4.78, 5) is 0. The summed E-state index contributed by atoms with van der Waals surface area (Å²) < 4.78 is 55.5. The summed E-state index contributed by atoms with van der Waals surface area (Å²) in [6.45, 7) is -0.200. The van der Waals surface area contributed by atoms with Crippen LogP contribution in [0.2, 0.25) is 0 Å². The number of allylic oxidation sites excluding steroid dienone is 1. The van der Waals surface area contributed by atoms with Crippen molar-refractivity contribution in [1.82, 2.24) is 0 Å². The summed E-state index contributed by atoms with van der Waals surface area (Å²) in [5, 5.41) is 12.0. The average molecular weight is 364 g/mol. The molecule has 0 atom stereocenters. The predicted molar refractivity (Wildman–Crippen MR) is 91.2 cm³/mol. The van der Waals surface area contributed by atoms with Crippen LogP contribution in [-0.2, 0) is 6.18 Å². The maximum absolute atomic E-state index is 12.7. The molecule has 7 heteroatoms. The predicted octanol–water partition coefficient (Wildman–Crippen LogP) is 5.42. The fraction of sp³-hybridized carbons (Fsp3) is 0.211. The molecule has 0 aromatic heterocycles. The Morgan fingerprint density at radius 1 is 1.15 bits per heavy atom. The first-order chi connectivity index (χ1) is 12.4. The summed E-state index contributed by atoms with van der Waals surface area (Å²) in [6.07, 6.45) is -2.79. The topological polar surface area (TPSA) is 45.0 Å². The number of alkyl halides is 4. The largest absolute Gasteiger partial charge is 0.493 e. The van der Waals surface area contributed by atoms with Crippen molar-refractivity contribution >= 4 is 11.3 Å². The number of nitrogens with zero attached hydrogens (tertiary/aromatic N) is 1. The Labute approximate surface area is 148 Å². The minimum atomic E-state index is -4.43. The van der Waals surface area contributed by atoms with Gasteiger partial charge < -0.3 is 10.1 Å². The number of rotatable bonds is 7. The van der Waals surface area contributed by atoms with Crippen LogP contribution in [-0.4, -0.2) is 13.3 Å². The summed E-state index contributed by atoms with van der Waals surface area (Å²) in [7, 11) is 0. The van der Waals surface area contributed by atoms with Gasteiger partial charge in [-0.2, -0.15) is 18.4 Å². The van der Waals surface area contributed by atoms with E-state index in [1.165, 1.54) is 18.3 Å². The van der Waals surface area contributed by atoms with Crippen molar-refractivity contribution in [3.05, 3.63) is 65.9 Å². The molecule has 0 aliphatic carbocycles. The SMILES string of the molecule is N#C/C(=C\Nc1cccc(C(F)(F)F)c1)c1ccc(OCCCF)cc1. The Morgan fingerprint density at radius 3 is 2.50 bits per heavy atom. The molecule has 0 bridgehead atoms. The fourth-order valence-electron chi connectivity index (χ4n) is 2.10. The highest BCUT2D eigenvalue weighted by atomic mass is 19.4. The molecule has 0 unspecified atom stereocenters. The van der Waals surface area contributed by atoms with Crippen LogP contribution in [0.1, 0.15) is 17.5 Å². The van der Waals surface area contributed by atoms with Gasteiger partial charge in [0, 0.05) is 18.3 Å². The van der Waals surface area contributed by atoms with E-state index in [0.717, 1.165) is 12.1 Å². The molecule has 1 N–H and O–H groups in total. The maximum atomic E-state index is 12.7. The van der Waals surface area contributed by atoms with Gasteiger partial charge in [0.15, 0.2) is 0 Å². The van der Waals surface area contributed by atoms with Crippen molar-refractivity contribution in [2.24, 2.45) is 0 Å². The van der Waals surface area contributed by atoms with Crippen molar-refractivity contribution < 1.29 is 22.3 Å². The van der Waals surface area contributed by atoms with Gasteiger partial charge in [0.1, 0.15) is 11.8 Å². The molecule has 2 rings (SSSR count). The van der Waals surface area contributed by atoms with Crippen LogP contribution < -0.4 is 10.1 Å². The van der Waals surface area contributed by atoms with Gasteiger partial charge in [0.25, 0.3) is 0 Å². The van der Waals surface area contributed by atoms with E-state index in [4.69, 9.17) is 4.74 Å². The Hall–Kier alpha value is -3.01. The first-order valence-corrected chi connectivity index (χ1v) is 7.77. The molecular formula is C19H16F4N2O. The highest BCUT2D eigenvalue weighted by Gasteiger charge is 2.30. The lowest BCUT2D eigenvalue weighted by Crippen LogP contribution is -2.05. The Balaban J connectivity index is 2.10. The number of halogens is 4. The van der Waals surface area contributed by atoms with E-state index in [1.54, 1.807) is 24.3 Å². The zero-order valence-corrected chi connectivity index (χ0v) is 13.7. The first kappa shape index (κ1) is 19.3. The summed E-state index contributed by atoms with van der Waals surface area (Å²) in [6, 6.07) is 13.3. The number of nitrogens with one attached hydrogen (secondary N) is 1. The van der Waals surface area contributed by atoms with E-state index in [9.17, 15) is 22.8 Å². The Morgan fingerprint density at radius 2 is 1.88 bits per heavy atom. The summed E-state index contributed by atoms with van der Waals surface area (Å²) >= 11 is 0. The Bertz CT molecular complexity index is 792. The zero-order valence-electron chi connectivity index (χ0n) is 13.7. The molecule has 0 spiro atoms. The van der Waals surface area contributed by atoms with Crippen molar-refractivity contribution in [3.63, 3.8) is 0 Å². The summed E-state index contributed by atoms with van der Waals surface area (Å²) in [5.41, 5.74) is 0.269. The molecule has 136 valence electrons. The molecule has 0 aliphatic rings. The van der Waals surface area contributed by atoms with Gasteiger partial charge in [0.2, 0.25) is 0 Å². The molecule has 26 heavy (non-hydrogen) atoms. The van der Waals surface area contributed by atoms with Gasteiger partial charge in [-0.05, 0) is 48.0 Å². The van der Waals surface area contributed by atoms with Crippen LogP contribution in [0.4, 0.5) is 23.2 Å². The minimum absolute atomic E-state index is 0.221. The molecular weight excluding hydrogens is 348 g/mol. The van der Waals surface area contributed by atoms with E-state index in [0.29, 0.717) is 17.7 Å². The Kier molecular flexibility index (Phi) is 6.61. The third kappa shape index (κ3) is 5.52. The van der Waals surface area contributed by atoms with Gasteiger partial charge in [0.05, 0.1) is 24.4 Å². The van der Waals surface area contributed by atoms with Gasteiger partial charge in [-0.3, -0.25) is 4.39 Å². The normalized spacial score (nSPS) is 11.7. The van der Waals surface area contributed by atoms with E-state index in [2.05, 4.69) is 5.32 Å². The lowest BCUT2D eigenvalue weighted by molar-refractivity contribution is -0.137. The second-order valence-electron chi connectivity index (χ2n) is 5.31.